The largest absolute Gasteiger partial charge is 0.360 e. The van der Waals surface area contributed by atoms with E-state index in [9.17, 15) is 22.4 Å². The van der Waals surface area contributed by atoms with Crippen LogP contribution < -0.4 is 10.6 Å². The summed E-state index contributed by atoms with van der Waals surface area (Å²) in [6, 6.07) is 9.63. The maximum absolute atomic E-state index is 13.1. The molecule has 1 aromatic carbocycles. The van der Waals surface area contributed by atoms with Gasteiger partial charge in [-0.2, -0.15) is 4.31 Å². The van der Waals surface area contributed by atoms with Gasteiger partial charge in [0.25, 0.3) is 0 Å². The van der Waals surface area contributed by atoms with Crippen molar-refractivity contribution in [3.63, 3.8) is 0 Å². The minimum Gasteiger partial charge on any atom is -0.360 e. The van der Waals surface area contributed by atoms with Crippen molar-refractivity contribution < 1.29 is 27.1 Å². The fourth-order valence-corrected chi connectivity index (χ4v) is 4.42. The molecule has 1 fully saturated rings. The lowest BCUT2D eigenvalue weighted by molar-refractivity contribution is -0.140. The van der Waals surface area contributed by atoms with Crippen LogP contribution in [0.15, 0.2) is 53.6 Å². The van der Waals surface area contributed by atoms with Gasteiger partial charge in [0.2, 0.25) is 10.0 Å². The number of halogens is 1. The van der Waals surface area contributed by atoms with Crippen LogP contribution in [0.2, 0.25) is 0 Å². The molecule has 30 heavy (non-hydrogen) atoms. The predicted octanol–water partition coefficient (Wildman–Crippen LogP) is 0.390. The van der Waals surface area contributed by atoms with Crippen LogP contribution in [-0.2, 0) is 30.9 Å². The third-order valence-corrected chi connectivity index (χ3v) is 6.28. The van der Waals surface area contributed by atoms with Crippen molar-refractivity contribution in [1.29, 1.82) is 0 Å². The molecule has 1 aliphatic heterocycles. The van der Waals surface area contributed by atoms with Crippen LogP contribution in [-0.4, -0.2) is 55.4 Å². The van der Waals surface area contributed by atoms with Crippen LogP contribution >= 0.6 is 0 Å². The Labute approximate surface area is 173 Å². The van der Waals surface area contributed by atoms with E-state index < -0.39 is 33.9 Å². The van der Waals surface area contributed by atoms with Crippen molar-refractivity contribution in [1.82, 2.24) is 19.9 Å². The molecule has 1 atom stereocenters. The summed E-state index contributed by atoms with van der Waals surface area (Å²) in [4.78, 5) is 28.0. The van der Waals surface area contributed by atoms with Crippen molar-refractivity contribution in [3.8, 4) is 0 Å². The summed E-state index contributed by atoms with van der Waals surface area (Å²) in [7, 11) is -3.96. The molecule has 3 rings (SSSR count). The Bertz CT molecular complexity index is 986. The number of benzene rings is 1. The van der Waals surface area contributed by atoms with Crippen molar-refractivity contribution in [3.05, 3.63) is 60.2 Å². The van der Waals surface area contributed by atoms with E-state index >= 15 is 0 Å². The number of sulfonamides is 1. The molecule has 0 unspecified atom stereocenters. The van der Waals surface area contributed by atoms with Crippen molar-refractivity contribution >= 4 is 21.8 Å². The van der Waals surface area contributed by atoms with E-state index in [1.165, 1.54) is 12.1 Å². The Balaban J connectivity index is 1.59. The Hall–Kier alpha value is -2.89. The van der Waals surface area contributed by atoms with E-state index in [0.29, 0.717) is 18.7 Å². The summed E-state index contributed by atoms with van der Waals surface area (Å²) < 4.78 is 45.5. The summed E-state index contributed by atoms with van der Waals surface area (Å²) in [5.74, 6) is -2.34. The zero-order chi connectivity index (χ0) is 21.6. The van der Waals surface area contributed by atoms with E-state index in [1.54, 1.807) is 24.4 Å². The quantitative estimate of drug-likeness (QED) is 0.633. The first-order valence-corrected chi connectivity index (χ1v) is 10.7. The van der Waals surface area contributed by atoms with Gasteiger partial charge in [0, 0.05) is 12.7 Å². The molecule has 11 heteroatoms. The van der Waals surface area contributed by atoms with E-state index in [1.807, 2.05) is 0 Å². The molecule has 0 spiro atoms. The Kier molecular flexibility index (Phi) is 7.08. The predicted molar refractivity (Wildman–Crippen MR) is 104 cm³/mol. The molecular formula is C19H21FN4O5S. The van der Waals surface area contributed by atoms with Crippen LogP contribution in [0.25, 0.3) is 0 Å². The lowest BCUT2D eigenvalue weighted by atomic mass is 10.3. The standard InChI is InChI=1S/C19H21FN4O5S/c20-14-5-7-16(8-6-14)30(27,28)24-10-3-11-29-17(24)13-23-19(26)18(25)22-12-15-4-1-2-9-21-15/h1-2,4-9,17H,3,10-13H2,(H,22,25)(H,23,26)/t17-/m1/s1. The average Bonchev–Trinajstić information content (AvgIpc) is 2.77. The monoisotopic (exact) mass is 436 g/mol. The number of ether oxygens (including phenoxy) is 1. The lowest BCUT2D eigenvalue weighted by Crippen LogP contribution is -2.53. The number of amides is 2. The maximum Gasteiger partial charge on any atom is 0.309 e. The molecule has 2 heterocycles. The molecule has 1 saturated heterocycles. The SMILES string of the molecule is O=C(NCc1ccccn1)C(=O)NC[C@H]1OCCCN1S(=O)(=O)c1ccc(F)cc1. The minimum atomic E-state index is -3.96. The van der Waals surface area contributed by atoms with Crippen LogP contribution in [0.3, 0.4) is 0 Å². The van der Waals surface area contributed by atoms with E-state index in [4.69, 9.17) is 4.74 Å². The topological polar surface area (TPSA) is 118 Å². The third-order valence-electron chi connectivity index (χ3n) is 4.37. The van der Waals surface area contributed by atoms with Gasteiger partial charge in [-0.3, -0.25) is 14.6 Å². The second-order valence-corrected chi connectivity index (χ2v) is 8.35. The van der Waals surface area contributed by atoms with E-state index in [0.717, 1.165) is 16.4 Å². The zero-order valence-corrected chi connectivity index (χ0v) is 16.8. The van der Waals surface area contributed by atoms with Gasteiger partial charge in [-0.25, -0.2) is 12.8 Å². The molecule has 1 aromatic heterocycles. The van der Waals surface area contributed by atoms with E-state index in [2.05, 4.69) is 15.6 Å². The summed E-state index contributed by atoms with van der Waals surface area (Å²) in [6.07, 6.45) is 1.05. The first-order valence-electron chi connectivity index (χ1n) is 9.23. The Morgan fingerprint density at radius 3 is 2.57 bits per heavy atom. The summed E-state index contributed by atoms with van der Waals surface area (Å²) in [5, 5.41) is 4.83. The second-order valence-electron chi connectivity index (χ2n) is 6.46. The Morgan fingerprint density at radius 2 is 1.87 bits per heavy atom. The average molecular weight is 436 g/mol. The van der Waals surface area contributed by atoms with Crippen LogP contribution in [0.1, 0.15) is 12.1 Å². The maximum atomic E-state index is 13.1. The molecule has 0 aliphatic carbocycles. The van der Waals surface area contributed by atoms with Gasteiger partial charge in [0.05, 0.1) is 30.3 Å². The normalized spacial score (nSPS) is 17.3. The molecule has 9 nitrogen and oxygen atoms in total. The van der Waals surface area contributed by atoms with Crippen LogP contribution in [0, 0.1) is 5.82 Å². The number of aromatic nitrogens is 1. The zero-order valence-electron chi connectivity index (χ0n) is 16.0. The highest BCUT2D eigenvalue weighted by Crippen LogP contribution is 2.22. The third kappa shape index (κ3) is 5.38. The van der Waals surface area contributed by atoms with Gasteiger partial charge in [0.15, 0.2) is 0 Å². The molecule has 1 aliphatic rings. The van der Waals surface area contributed by atoms with Crippen LogP contribution in [0.4, 0.5) is 4.39 Å². The smallest absolute Gasteiger partial charge is 0.309 e. The lowest BCUT2D eigenvalue weighted by Gasteiger charge is -2.34. The molecule has 0 saturated carbocycles. The van der Waals surface area contributed by atoms with Gasteiger partial charge >= 0.3 is 11.8 Å². The van der Waals surface area contributed by atoms with Crippen LogP contribution in [0.5, 0.6) is 0 Å². The minimum absolute atomic E-state index is 0.0814. The fourth-order valence-electron chi connectivity index (χ4n) is 2.86. The first-order chi connectivity index (χ1) is 14.4. The second kappa shape index (κ2) is 9.74. The highest BCUT2D eigenvalue weighted by Gasteiger charge is 2.34. The van der Waals surface area contributed by atoms with Gasteiger partial charge in [-0.05, 0) is 42.8 Å². The number of nitrogens with one attached hydrogen (secondary N) is 2. The van der Waals surface area contributed by atoms with Gasteiger partial charge in [-0.15, -0.1) is 0 Å². The molecule has 0 bridgehead atoms. The van der Waals surface area contributed by atoms with Gasteiger partial charge in [0.1, 0.15) is 12.0 Å². The summed E-state index contributed by atoms with van der Waals surface area (Å²) in [5.41, 5.74) is 0.589. The summed E-state index contributed by atoms with van der Waals surface area (Å²) in [6.45, 7) is 0.350. The first kappa shape index (κ1) is 21.8. The van der Waals surface area contributed by atoms with Gasteiger partial charge < -0.3 is 15.4 Å². The van der Waals surface area contributed by atoms with Gasteiger partial charge in [-0.1, -0.05) is 6.07 Å². The number of nitrogens with zero attached hydrogens (tertiary/aromatic N) is 2. The Morgan fingerprint density at radius 1 is 1.13 bits per heavy atom. The van der Waals surface area contributed by atoms with Crippen molar-refractivity contribution in [2.75, 3.05) is 19.7 Å². The molecular weight excluding hydrogens is 415 g/mol. The van der Waals surface area contributed by atoms with Crippen molar-refractivity contribution in [2.24, 2.45) is 0 Å². The highest BCUT2D eigenvalue weighted by atomic mass is 32.2. The molecule has 2 aromatic rings. The number of hydrogen-bond acceptors (Lipinski definition) is 6. The number of pyridine rings is 1. The van der Waals surface area contributed by atoms with Crippen molar-refractivity contribution in [2.45, 2.75) is 24.1 Å². The molecule has 2 amide bonds. The summed E-state index contributed by atoms with van der Waals surface area (Å²) >= 11 is 0. The molecule has 160 valence electrons. The fraction of sp³-hybridized carbons (Fsp3) is 0.316. The number of carbonyl (C=O) groups excluding carboxylic acids is 2. The number of rotatable bonds is 6. The molecule has 2 N–H and O–H groups in total. The highest BCUT2D eigenvalue weighted by molar-refractivity contribution is 7.89. The number of hydrogen-bond donors (Lipinski definition) is 2. The number of carbonyl (C=O) groups is 2. The molecule has 0 radical (unpaired) electrons. The van der Waals surface area contributed by atoms with E-state index in [-0.39, 0.29) is 24.5 Å².